The zero-order valence-corrected chi connectivity index (χ0v) is 13.6. The van der Waals surface area contributed by atoms with Gasteiger partial charge in [-0.1, -0.05) is 41.9 Å². The van der Waals surface area contributed by atoms with Crippen LogP contribution in [-0.4, -0.2) is 24.0 Å². The number of fused-ring (bicyclic) bond motifs is 2. The molecule has 4 rings (SSSR count). The summed E-state index contributed by atoms with van der Waals surface area (Å²) in [4.78, 5) is 14.6. The van der Waals surface area contributed by atoms with E-state index in [0.29, 0.717) is 10.6 Å². The largest absolute Gasteiger partial charge is 0.450 e. The Labute approximate surface area is 140 Å². The van der Waals surface area contributed by atoms with Crippen LogP contribution in [0.2, 0.25) is 5.02 Å². The molecule has 118 valence electrons. The molecular formula is C19H18ClNO2. The summed E-state index contributed by atoms with van der Waals surface area (Å²) in [6.45, 7) is 2.76. The molecular weight excluding hydrogens is 310 g/mol. The molecule has 2 aromatic rings. The Morgan fingerprint density at radius 3 is 2.57 bits per heavy atom. The molecule has 2 aromatic carbocycles. The number of carbonyl (C=O) groups is 1. The van der Waals surface area contributed by atoms with Crippen molar-refractivity contribution in [2.24, 2.45) is 0 Å². The molecule has 0 aromatic heterocycles. The van der Waals surface area contributed by atoms with E-state index in [1.165, 1.54) is 5.56 Å². The van der Waals surface area contributed by atoms with Crippen molar-refractivity contribution in [1.29, 1.82) is 0 Å². The Kier molecular flexibility index (Phi) is 3.63. The summed E-state index contributed by atoms with van der Waals surface area (Å²) in [6.07, 6.45) is 1.64. The summed E-state index contributed by atoms with van der Waals surface area (Å²) in [7, 11) is 0. The van der Waals surface area contributed by atoms with Gasteiger partial charge in [0.1, 0.15) is 5.60 Å². The first-order chi connectivity index (χ1) is 11.2. The van der Waals surface area contributed by atoms with Crippen LogP contribution in [-0.2, 0) is 16.9 Å². The molecule has 2 heterocycles. The van der Waals surface area contributed by atoms with Gasteiger partial charge in [-0.25, -0.2) is 4.79 Å². The standard InChI is InChI=1S/C19H18ClNO2/c20-15-6-7-16-17(12-15)19(23-18(16)22)8-10-21(11-9-19)13-14-4-2-1-3-5-14/h1-7,12H,8-11,13H2. The highest BCUT2D eigenvalue weighted by Crippen LogP contribution is 2.45. The summed E-state index contributed by atoms with van der Waals surface area (Å²) in [5.41, 5.74) is 2.47. The number of ether oxygens (including phenoxy) is 1. The van der Waals surface area contributed by atoms with E-state index in [9.17, 15) is 4.79 Å². The smallest absolute Gasteiger partial charge is 0.339 e. The monoisotopic (exact) mass is 327 g/mol. The number of hydrogen-bond acceptors (Lipinski definition) is 3. The second kappa shape index (κ2) is 5.66. The lowest BCUT2D eigenvalue weighted by molar-refractivity contribution is -0.0440. The highest BCUT2D eigenvalue weighted by Gasteiger charge is 2.47. The summed E-state index contributed by atoms with van der Waals surface area (Å²) in [5, 5.41) is 0.660. The van der Waals surface area contributed by atoms with Gasteiger partial charge in [0.15, 0.2) is 0 Å². The predicted octanol–water partition coefficient (Wildman–Crippen LogP) is 4.00. The average Bonchev–Trinajstić information content (AvgIpc) is 2.83. The molecule has 0 unspecified atom stereocenters. The second-order valence-electron chi connectivity index (χ2n) is 6.34. The fourth-order valence-corrected chi connectivity index (χ4v) is 3.82. The molecule has 2 aliphatic rings. The third kappa shape index (κ3) is 2.64. The number of piperidine rings is 1. The molecule has 1 fully saturated rings. The van der Waals surface area contributed by atoms with Gasteiger partial charge in [-0.3, -0.25) is 4.90 Å². The molecule has 0 radical (unpaired) electrons. The Bertz CT molecular complexity index is 736. The van der Waals surface area contributed by atoms with Gasteiger partial charge < -0.3 is 4.74 Å². The number of benzene rings is 2. The maximum absolute atomic E-state index is 12.1. The van der Waals surface area contributed by atoms with Crippen molar-refractivity contribution in [1.82, 2.24) is 4.90 Å². The average molecular weight is 328 g/mol. The maximum Gasteiger partial charge on any atom is 0.339 e. The van der Waals surface area contributed by atoms with Gasteiger partial charge >= 0.3 is 5.97 Å². The van der Waals surface area contributed by atoms with E-state index in [-0.39, 0.29) is 5.97 Å². The molecule has 3 nitrogen and oxygen atoms in total. The van der Waals surface area contributed by atoms with Crippen LogP contribution in [0.3, 0.4) is 0 Å². The first-order valence-corrected chi connectivity index (χ1v) is 8.34. The van der Waals surface area contributed by atoms with Gasteiger partial charge in [-0.2, -0.15) is 0 Å². The number of rotatable bonds is 2. The van der Waals surface area contributed by atoms with Gasteiger partial charge in [-0.05, 0) is 23.8 Å². The molecule has 23 heavy (non-hydrogen) atoms. The summed E-state index contributed by atoms with van der Waals surface area (Å²) in [6, 6.07) is 15.9. The fourth-order valence-electron chi connectivity index (χ4n) is 3.64. The third-order valence-electron chi connectivity index (χ3n) is 4.89. The highest BCUT2D eigenvalue weighted by molar-refractivity contribution is 6.30. The van der Waals surface area contributed by atoms with E-state index < -0.39 is 5.60 Å². The van der Waals surface area contributed by atoms with Crippen molar-refractivity contribution in [3.8, 4) is 0 Å². The number of carbonyl (C=O) groups excluding carboxylic acids is 1. The third-order valence-corrected chi connectivity index (χ3v) is 5.13. The minimum atomic E-state index is -0.482. The molecule has 0 N–H and O–H groups in total. The molecule has 0 aliphatic carbocycles. The lowest BCUT2D eigenvalue weighted by atomic mass is 9.83. The van der Waals surface area contributed by atoms with Gasteiger partial charge in [0.25, 0.3) is 0 Å². The second-order valence-corrected chi connectivity index (χ2v) is 6.77. The van der Waals surface area contributed by atoms with E-state index in [1.807, 2.05) is 12.1 Å². The van der Waals surface area contributed by atoms with Crippen molar-refractivity contribution < 1.29 is 9.53 Å². The summed E-state index contributed by atoms with van der Waals surface area (Å²) >= 11 is 6.13. The zero-order chi connectivity index (χ0) is 15.9. The van der Waals surface area contributed by atoms with Crippen LogP contribution in [0.4, 0.5) is 0 Å². The molecule has 2 aliphatic heterocycles. The summed E-state index contributed by atoms with van der Waals surface area (Å²) in [5.74, 6) is -0.215. The molecule has 0 amide bonds. The number of nitrogens with zero attached hydrogens (tertiary/aromatic N) is 1. The Morgan fingerprint density at radius 2 is 1.83 bits per heavy atom. The van der Waals surface area contributed by atoms with Crippen LogP contribution in [0, 0.1) is 0 Å². The normalized spacial score (nSPS) is 19.6. The topological polar surface area (TPSA) is 29.5 Å². The van der Waals surface area contributed by atoms with E-state index >= 15 is 0 Å². The van der Waals surface area contributed by atoms with Crippen LogP contribution >= 0.6 is 11.6 Å². The van der Waals surface area contributed by atoms with E-state index in [2.05, 4.69) is 29.2 Å². The number of halogens is 1. The minimum Gasteiger partial charge on any atom is -0.450 e. The number of likely N-dealkylation sites (tertiary alicyclic amines) is 1. The van der Waals surface area contributed by atoms with Crippen molar-refractivity contribution in [3.63, 3.8) is 0 Å². The van der Waals surface area contributed by atoms with Crippen molar-refractivity contribution in [3.05, 3.63) is 70.2 Å². The molecule has 0 bridgehead atoms. The highest BCUT2D eigenvalue weighted by atomic mass is 35.5. The molecule has 1 saturated heterocycles. The number of hydrogen-bond donors (Lipinski definition) is 0. The van der Waals surface area contributed by atoms with E-state index in [4.69, 9.17) is 16.3 Å². The number of esters is 1. The van der Waals surface area contributed by atoms with Crippen molar-refractivity contribution >= 4 is 17.6 Å². The minimum absolute atomic E-state index is 0.215. The summed E-state index contributed by atoms with van der Waals surface area (Å²) < 4.78 is 5.79. The Morgan fingerprint density at radius 1 is 1.09 bits per heavy atom. The quantitative estimate of drug-likeness (QED) is 0.781. The van der Waals surface area contributed by atoms with Crippen molar-refractivity contribution in [2.75, 3.05) is 13.1 Å². The van der Waals surface area contributed by atoms with Gasteiger partial charge in [-0.15, -0.1) is 0 Å². The molecule has 4 heteroatoms. The SMILES string of the molecule is O=C1OC2(CCN(Cc3ccccc3)CC2)c2cc(Cl)ccc21. The van der Waals surface area contributed by atoms with Crippen molar-refractivity contribution in [2.45, 2.75) is 25.0 Å². The van der Waals surface area contributed by atoms with Crippen LogP contribution in [0.1, 0.15) is 34.3 Å². The fraction of sp³-hybridized carbons (Fsp3) is 0.316. The Hall–Kier alpha value is -1.84. The molecule has 1 spiro atoms. The lowest BCUT2D eigenvalue weighted by Gasteiger charge is -2.38. The first-order valence-electron chi connectivity index (χ1n) is 7.96. The van der Waals surface area contributed by atoms with Gasteiger partial charge in [0.05, 0.1) is 5.56 Å². The Balaban J connectivity index is 1.52. The zero-order valence-electron chi connectivity index (χ0n) is 12.8. The van der Waals surface area contributed by atoms with E-state index in [1.54, 1.807) is 12.1 Å². The van der Waals surface area contributed by atoms with Crippen LogP contribution in [0.5, 0.6) is 0 Å². The molecule has 0 atom stereocenters. The predicted molar refractivity (Wildman–Crippen MR) is 89.5 cm³/mol. The first kappa shape index (κ1) is 14.7. The van der Waals surface area contributed by atoms with Crippen LogP contribution in [0.15, 0.2) is 48.5 Å². The van der Waals surface area contributed by atoms with Gasteiger partial charge in [0.2, 0.25) is 0 Å². The van der Waals surface area contributed by atoms with E-state index in [0.717, 1.165) is 38.0 Å². The lowest BCUT2D eigenvalue weighted by Crippen LogP contribution is -2.42. The van der Waals surface area contributed by atoms with Crippen LogP contribution < -0.4 is 0 Å². The van der Waals surface area contributed by atoms with Crippen LogP contribution in [0.25, 0.3) is 0 Å². The maximum atomic E-state index is 12.1. The molecule has 0 saturated carbocycles. The van der Waals surface area contributed by atoms with Gasteiger partial charge in [0, 0.05) is 43.1 Å².